The molecule has 0 aromatic heterocycles. The lowest BCUT2D eigenvalue weighted by molar-refractivity contribution is -0.120. The maximum Gasteiger partial charge on any atom is 0.255 e. The summed E-state index contributed by atoms with van der Waals surface area (Å²) in [6.07, 6.45) is 0.178. The van der Waals surface area contributed by atoms with Crippen molar-refractivity contribution in [1.29, 1.82) is 0 Å². The maximum atomic E-state index is 13.3. The van der Waals surface area contributed by atoms with E-state index in [0.29, 0.717) is 16.4 Å². The molecule has 152 valence electrons. The number of carbonyl (C=O) groups excluding carboxylic acids is 2. The van der Waals surface area contributed by atoms with Crippen LogP contribution in [0.3, 0.4) is 0 Å². The average Bonchev–Trinajstić information content (AvgIpc) is 2.74. The number of carbonyl (C=O) groups is 2. The van der Waals surface area contributed by atoms with Gasteiger partial charge in [0.2, 0.25) is 5.91 Å². The smallest absolute Gasteiger partial charge is 0.255 e. The van der Waals surface area contributed by atoms with Gasteiger partial charge in [-0.1, -0.05) is 41.9 Å². The second-order valence-electron chi connectivity index (χ2n) is 6.58. The van der Waals surface area contributed by atoms with Gasteiger partial charge < -0.3 is 5.32 Å². The van der Waals surface area contributed by atoms with Gasteiger partial charge in [-0.15, -0.1) is 0 Å². The van der Waals surface area contributed by atoms with Crippen molar-refractivity contribution < 1.29 is 14.0 Å². The molecule has 0 aliphatic heterocycles. The number of hydrogen-bond acceptors (Lipinski definition) is 3. The zero-order valence-electron chi connectivity index (χ0n) is 16.2. The quantitative estimate of drug-likeness (QED) is 0.441. The molecule has 0 aliphatic rings. The minimum Gasteiger partial charge on any atom is -0.322 e. The number of hydrazone groups is 1. The van der Waals surface area contributed by atoms with Crippen LogP contribution in [-0.2, 0) is 11.2 Å². The highest BCUT2D eigenvalue weighted by molar-refractivity contribution is 6.30. The third-order valence-corrected chi connectivity index (χ3v) is 4.50. The van der Waals surface area contributed by atoms with Gasteiger partial charge in [-0.05, 0) is 60.5 Å². The van der Waals surface area contributed by atoms with Crippen molar-refractivity contribution in [2.45, 2.75) is 13.3 Å². The van der Waals surface area contributed by atoms with Crippen LogP contribution in [0, 0.1) is 5.82 Å². The lowest BCUT2D eigenvalue weighted by atomic mass is 10.1. The third-order valence-electron chi connectivity index (χ3n) is 4.25. The predicted octanol–water partition coefficient (Wildman–Crippen LogP) is 4.81. The lowest BCUT2D eigenvalue weighted by Crippen LogP contribution is -2.21. The molecule has 7 heteroatoms. The van der Waals surface area contributed by atoms with E-state index in [0.717, 1.165) is 11.1 Å². The van der Waals surface area contributed by atoms with Gasteiger partial charge >= 0.3 is 0 Å². The first-order valence-corrected chi connectivity index (χ1v) is 9.53. The zero-order valence-corrected chi connectivity index (χ0v) is 16.9. The molecule has 2 N–H and O–H groups in total. The van der Waals surface area contributed by atoms with Crippen LogP contribution in [0.25, 0.3) is 0 Å². The molecule has 0 aliphatic carbocycles. The van der Waals surface area contributed by atoms with Crippen LogP contribution in [0.2, 0.25) is 5.02 Å². The molecule has 0 heterocycles. The number of benzene rings is 3. The molecule has 5 nitrogen and oxygen atoms in total. The summed E-state index contributed by atoms with van der Waals surface area (Å²) >= 11 is 5.84. The van der Waals surface area contributed by atoms with Gasteiger partial charge in [0.05, 0.1) is 12.1 Å². The highest BCUT2D eigenvalue weighted by atomic mass is 35.5. The summed E-state index contributed by atoms with van der Waals surface area (Å²) in [7, 11) is 0. The average molecular weight is 424 g/mol. The van der Waals surface area contributed by atoms with E-state index < -0.39 is 11.7 Å². The summed E-state index contributed by atoms with van der Waals surface area (Å²) in [6.45, 7) is 1.75. The Morgan fingerprint density at radius 3 is 2.40 bits per heavy atom. The molecule has 30 heavy (non-hydrogen) atoms. The summed E-state index contributed by atoms with van der Waals surface area (Å²) in [5.74, 6) is -1.15. The van der Waals surface area contributed by atoms with E-state index >= 15 is 0 Å². The summed E-state index contributed by atoms with van der Waals surface area (Å²) < 4.78 is 13.3. The molecule has 0 spiro atoms. The number of halogens is 2. The van der Waals surface area contributed by atoms with E-state index in [2.05, 4.69) is 15.8 Å². The molecule has 0 atom stereocenters. The number of rotatable bonds is 6. The molecule has 0 fully saturated rings. The van der Waals surface area contributed by atoms with Gasteiger partial charge in [-0.2, -0.15) is 5.10 Å². The molecule has 3 aromatic carbocycles. The Kier molecular flexibility index (Phi) is 6.93. The highest BCUT2D eigenvalue weighted by Gasteiger charge is 2.08. The SMILES string of the molecule is C/C(=N/NC(=O)Cc1ccc(Cl)cc1)c1cccc(NC(=O)c2cccc(F)c2)c1. The molecular weight excluding hydrogens is 405 g/mol. The fraction of sp³-hybridized carbons (Fsp3) is 0.0870. The lowest BCUT2D eigenvalue weighted by Gasteiger charge is -2.08. The number of amides is 2. The van der Waals surface area contributed by atoms with Crippen molar-refractivity contribution in [2.24, 2.45) is 5.10 Å². The van der Waals surface area contributed by atoms with Gasteiger partial charge in [0, 0.05) is 16.3 Å². The van der Waals surface area contributed by atoms with Crippen LogP contribution >= 0.6 is 11.6 Å². The van der Waals surface area contributed by atoms with Crippen LogP contribution in [-0.4, -0.2) is 17.5 Å². The number of hydrogen-bond donors (Lipinski definition) is 2. The van der Waals surface area contributed by atoms with Crippen LogP contribution in [0.5, 0.6) is 0 Å². The van der Waals surface area contributed by atoms with Gasteiger partial charge in [-0.3, -0.25) is 9.59 Å². The second kappa shape index (κ2) is 9.80. The molecule has 3 rings (SSSR count). The summed E-state index contributed by atoms with van der Waals surface area (Å²) in [5, 5.41) is 7.46. The molecule has 0 saturated heterocycles. The Bertz CT molecular complexity index is 1100. The van der Waals surface area contributed by atoms with E-state index in [1.807, 2.05) is 6.07 Å². The van der Waals surface area contributed by atoms with Gasteiger partial charge in [-0.25, -0.2) is 9.82 Å². The Hall–Kier alpha value is -3.51. The molecule has 0 radical (unpaired) electrons. The normalized spacial score (nSPS) is 11.1. The van der Waals surface area contributed by atoms with Gasteiger partial charge in [0.1, 0.15) is 5.82 Å². The van der Waals surface area contributed by atoms with Gasteiger partial charge in [0.15, 0.2) is 0 Å². The Labute approximate surface area is 178 Å². The van der Waals surface area contributed by atoms with Crippen LogP contribution in [0.4, 0.5) is 10.1 Å². The highest BCUT2D eigenvalue weighted by Crippen LogP contribution is 2.14. The standard InChI is InChI=1S/C23H19ClFN3O2/c1-15(27-28-22(29)12-16-8-10-19(24)11-9-16)17-4-3-7-21(14-17)26-23(30)18-5-2-6-20(25)13-18/h2-11,13-14H,12H2,1H3,(H,26,30)(H,28,29)/b27-15-. The molecule has 0 unspecified atom stereocenters. The van der Waals surface area contributed by atoms with E-state index in [-0.39, 0.29) is 17.9 Å². The Balaban J connectivity index is 1.63. The number of anilines is 1. The van der Waals surface area contributed by atoms with Crippen molar-refractivity contribution in [3.8, 4) is 0 Å². The fourth-order valence-corrected chi connectivity index (χ4v) is 2.82. The van der Waals surface area contributed by atoms with Crippen molar-refractivity contribution in [3.05, 3.63) is 100 Å². The van der Waals surface area contributed by atoms with Crippen molar-refractivity contribution in [1.82, 2.24) is 5.43 Å². The van der Waals surface area contributed by atoms with Crippen LogP contribution < -0.4 is 10.7 Å². The molecule has 0 bridgehead atoms. The fourth-order valence-electron chi connectivity index (χ4n) is 2.69. The van der Waals surface area contributed by atoms with Crippen molar-refractivity contribution in [2.75, 3.05) is 5.32 Å². The molecule has 3 aromatic rings. The van der Waals surface area contributed by atoms with E-state index in [9.17, 15) is 14.0 Å². The van der Waals surface area contributed by atoms with Gasteiger partial charge in [0.25, 0.3) is 5.91 Å². The number of nitrogens with one attached hydrogen (secondary N) is 2. The third kappa shape index (κ3) is 5.99. The van der Waals surface area contributed by atoms with E-state index in [1.165, 1.54) is 24.3 Å². The minimum absolute atomic E-state index is 0.178. The summed E-state index contributed by atoms with van der Waals surface area (Å²) in [4.78, 5) is 24.4. The summed E-state index contributed by atoms with van der Waals surface area (Å²) in [5.41, 5.74) is 5.39. The monoisotopic (exact) mass is 423 g/mol. The topological polar surface area (TPSA) is 70.6 Å². The second-order valence-corrected chi connectivity index (χ2v) is 7.02. The largest absolute Gasteiger partial charge is 0.322 e. The van der Waals surface area contributed by atoms with E-state index in [4.69, 9.17) is 11.6 Å². The first kappa shape index (κ1) is 21.2. The van der Waals surface area contributed by atoms with Crippen molar-refractivity contribution in [3.63, 3.8) is 0 Å². The van der Waals surface area contributed by atoms with Crippen LogP contribution in [0.15, 0.2) is 77.9 Å². The Morgan fingerprint density at radius 1 is 0.967 bits per heavy atom. The minimum atomic E-state index is -0.478. The van der Waals surface area contributed by atoms with Crippen molar-refractivity contribution >= 4 is 34.8 Å². The molecule has 2 amide bonds. The summed E-state index contributed by atoms with van der Waals surface area (Å²) in [6, 6.07) is 19.5. The number of nitrogens with zero attached hydrogens (tertiary/aromatic N) is 1. The zero-order chi connectivity index (χ0) is 21.5. The molecular formula is C23H19ClFN3O2. The van der Waals surface area contributed by atoms with Crippen LogP contribution in [0.1, 0.15) is 28.4 Å². The first-order valence-electron chi connectivity index (χ1n) is 9.15. The molecule has 0 saturated carbocycles. The Morgan fingerprint density at radius 2 is 1.67 bits per heavy atom. The van der Waals surface area contributed by atoms with E-state index in [1.54, 1.807) is 49.4 Å². The first-order chi connectivity index (χ1) is 14.4. The maximum absolute atomic E-state index is 13.3. The predicted molar refractivity (Wildman–Crippen MR) is 116 cm³/mol.